The third-order valence-corrected chi connectivity index (χ3v) is 10.1. The Kier molecular flexibility index (Phi) is 7.20. The van der Waals surface area contributed by atoms with Crippen LogP contribution in [0.1, 0.15) is 0 Å². The number of rotatable bonds is 4. The van der Waals surface area contributed by atoms with E-state index < -0.39 is 87.1 Å². The summed E-state index contributed by atoms with van der Waals surface area (Å²) in [5.74, 6) is 0. The van der Waals surface area contributed by atoms with E-state index in [0.29, 0.717) is 7.14 Å². The van der Waals surface area contributed by atoms with Crippen LogP contribution in [0.5, 0.6) is 0 Å². The van der Waals surface area contributed by atoms with Crippen LogP contribution in [0.15, 0.2) is 12.1 Å². The van der Waals surface area contributed by atoms with Crippen molar-refractivity contribution in [1.82, 2.24) is 0 Å². The van der Waals surface area contributed by atoms with Crippen molar-refractivity contribution in [2.75, 3.05) is 0 Å². The van der Waals surface area contributed by atoms with Crippen LogP contribution in [0.25, 0.3) is 0 Å². The van der Waals surface area contributed by atoms with Gasteiger partial charge in [-0.25, -0.2) is 0 Å². The van der Waals surface area contributed by atoms with Crippen LogP contribution >= 0.6 is 0 Å². The fraction of sp³-hybridized carbons (Fsp3) is 0. The van der Waals surface area contributed by atoms with E-state index in [-0.39, 0.29) is 7.14 Å². The molecule has 0 aliphatic rings. The summed E-state index contributed by atoms with van der Waals surface area (Å²) in [7, 11) is 0. The molecule has 1 rings (SSSR count). The van der Waals surface area contributed by atoms with Gasteiger partial charge in [-0.2, -0.15) is 0 Å². The molecule has 1 aromatic carbocycles. The summed E-state index contributed by atoms with van der Waals surface area (Å²) in [6.07, 6.45) is 0. The van der Waals surface area contributed by atoms with Crippen LogP contribution in [-0.2, 0) is 0 Å². The molecule has 0 unspecified atom stereocenters. The Bertz CT molecular complexity index is 288. The average molecular weight is 658 g/mol. The molecule has 0 fully saturated rings. The van der Waals surface area contributed by atoms with Gasteiger partial charge in [-0.1, -0.05) is 0 Å². The van der Waals surface area contributed by atoms with Crippen molar-refractivity contribution in [2.45, 2.75) is 0 Å². The van der Waals surface area contributed by atoms with Crippen LogP contribution < -0.4 is 87.1 Å². The van der Waals surface area contributed by atoms with Gasteiger partial charge in [-0.3, -0.25) is 0 Å². The fourth-order valence-electron chi connectivity index (χ4n) is 0.744. The summed E-state index contributed by atoms with van der Waals surface area (Å²) in [6, 6.07) is 2.83. The van der Waals surface area contributed by atoms with Gasteiger partial charge in [0.15, 0.2) is 0 Å². The summed E-state index contributed by atoms with van der Waals surface area (Å²) in [6.45, 7) is 0. The van der Waals surface area contributed by atoms with E-state index in [1.54, 1.807) is 0 Å². The Morgan fingerprint density at radius 3 is 1.21 bits per heavy atom. The van der Waals surface area contributed by atoms with Gasteiger partial charge in [0.05, 0.1) is 0 Å². The first-order valence-corrected chi connectivity index (χ1v) is 10.6. The Morgan fingerprint density at radius 1 is 0.643 bits per heavy atom. The first-order valence-electron chi connectivity index (χ1n) is 2.99. The Labute approximate surface area is 123 Å². The summed E-state index contributed by atoms with van der Waals surface area (Å²) in [5.41, 5.74) is 0. The molecular weight excluding hydrogens is 656 g/mol. The van der Waals surface area contributed by atoms with E-state index in [0.717, 1.165) is 0 Å². The van der Waals surface area contributed by atoms with Crippen molar-refractivity contribution in [1.29, 1.82) is 0 Å². The minimum atomic E-state index is -1.84. The number of benzene rings is 1. The number of hydrogen-bond acceptors (Lipinski definition) is 0. The molecule has 0 aromatic heterocycles. The molecule has 1 aromatic rings. The Hall–Kier alpha value is 1.86. The first-order chi connectivity index (χ1) is 6.78. The molecule has 0 N–H and O–H groups in total. The molecule has 0 radical (unpaired) electrons. The molecule has 0 atom stereocenters. The minimum absolute atomic E-state index is 0.184. The van der Waals surface area contributed by atoms with Crippen LogP contribution in [0, 0.1) is 14.3 Å². The average Bonchev–Trinajstić information content (AvgIpc) is 2.26. The predicted octanol–water partition coefficient (Wildman–Crippen LogP) is -9.74. The standard InChI is InChI=1S/C6H2F4I4/c7-11-3-1-2-4(12-8)6(14-10)5(3)13-9/h1-2H/q-4. The normalized spacial score (nSPS) is 11.7. The molecule has 0 amide bonds. The van der Waals surface area contributed by atoms with Crippen molar-refractivity contribution in [3.63, 3.8) is 0 Å². The van der Waals surface area contributed by atoms with Gasteiger partial charge in [0.25, 0.3) is 0 Å². The third-order valence-electron chi connectivity index (χ3n) is 1.28. The maximum absolute atomic E-state index is 12.6. The molecular formula is C6H2F4I4-4. The topological polar surface area (TPSA) is 0 Å². The van der Waals surface area contributed by atoms with Gasteiger partial charge in [0.1, 0.15) is 0 Å². The van der Waals surface area contributed by atoms with E-state index >= 15 is 0 Å². The quantitative estimate of drug-likeness (QED) is 0.131. The van der Waals surface area contributed by atoms with Gasteiger partial charge in [-0.05, 0) is 0 Å². The molecule has 0 saturated heterocycles. The van der Waals surface area contributed by atoms with Crippen LogP contribution in [0.2, 0.25) is 0 Å². The fourth-order valence-corrected chi connectivity index (χ4v) is 8.09. The first kappa shape index (κ1) is 13.9. The zero-order chi connectivity index (χ0) is 10.6. The second kappa shape index (κ2) is 7.24. The molecule has 14 heavy (non-hydrogen) atoms. The molecule has 0 heterocycles. The van der Waals surface area contributed by atoms with Crippen molar-refractivity contribution in [3.05, 3.63) is 26.4 Å². The van der Waals surface area contributed by atoms with Crippen molar-refractivity contribution in [2.24, 2.45) is 0 Å². The Morgan fingerprint density at radius 2 is 1.00 bits per heavy atom. The van der Waals surface area contributed by atoms with Gasteiger partial charge in [0.2, 0.25) is 0 Å². The molecule has 0 aliphatic heterocycles. The van der Waals surface area contributed by atoms with E-state index in [1.807, 2.05) is 0 Å². The summed E-state index contributed by atoms with van der Waals surface area (Å²) < 4.78 is 51.2. The van der Waals surface area contributed by atoms with E-state index in [2.05, 4.69) is 0 Å². The number of halogens is 8. The Balaban J connectivity index is 3.28. The SMILES string of the molecule is F[I-]c1ccc([I-]F)c([I-]F)c1[I-]F. The monoisotopic (exact) mass is 658 g/mol. The third kappa shape index (κ3) is 3.18. The van der Waals surface area contributed by atoms with Gasteiger partial charge >= 0.3 is 125 Å². The van der Waals surface area contributed by atoms with Gasteiger partial charge < -0.3 is 0 Å². The molecule has 0 spiro atoms. The van der Waals surface area contributed by atoms with Gasteiger partial charge in [-0.15, -0.1) is 0 Å². The van der Waals surface area contributed by atoms with E-state index in [9.17, 15) is 11.4 Å². The number of hydrogen-bond donors (Lipinski definition) is 0. The van der Waals surface area contributed by atoms with Crippen LogP contribution in [-0.4, -0.2) is 0 Å². The van der Waals surface area contributed by atoms with Crippen LogP contribution in [0.3, 0.4) is 0 Å². The predicted molar refractivity (Wildman–Crippen MR) is 25.7 cm³/mol. The molecule has 0 saturated carbocycles. The second-order valence-electron chi connectivity index (χ2n) is 1.94. The van der Waals surface area contributed by atoms with Crippen molar-refractivity contribution < 1.29 is 98.6 Å². The van der Waals surface area contributed by atoms with Crippen molar-refractivity contribution >= 4 is 0 Å². The molecule has 0 nitrogen and oxygen atoms in total. The maximum atomic E-state index is 12.6. The summed E-state index contributed by atoms with van der Waals surface area (Å²) in [4.78, 5) is 0. The van der Waals surface area contributed by atoms with E-state index in [4.69, 9.17) is 0 Å². The zero-order valence-corrected chi connectivity index (χ0v) is 14.8. The molecule has 0 bridgehead atoms. The van der Waals surface area contributed by atoms with Gasteiger partial charge in [0, 0.05) is 0 Å². The molecule has 0 aliphatic carbocycles. The molecule has 8 heteroatoms. The summed E-state index contributed by atoms with van der Waals surface area (Å²) in [5, 5.41) is 0. The van der Waals surface area contributed by atoms with Crippen molar-refractivity contribution in [3.8, 4) is 0 Å². The zero-order valence-electron chi connectivity index (χ0n) is 6.18. The molecule has 86 valence electrons. The second-order valence-corrected chi connectivity index (χ2v) is 8.06. The van der Waals surface area contributed by atoms with Crippen LogP contribution in [0.4, 0.5) is 11.4 Å². The van der Waals surface area contributed by atoms with E-state index in [1.165, 1.54) is 12.1 Å². The summed E-state index contributed by atoms with van der Waals surface area (Å²) >= 11 is -7.15.